The van der Waals surface area contributed by atoms with Gasteiger partial charge in [-0.1, -0.05) is 49.8 Å². The van der Waals surface area contributed by atoms with Gasteiger partial charge in [0.25, 0.3) is 0 Å². The summed E-state index contributed by atoms with van der Waals surface area (Å²) in [6.07, 6.45) is 0. The Morgan fingerprint density at radius 1 is 0.857 bits per heavy atom. The van der Waals surface area contributed by atoms with Crippen LogP contribution in [0.15, 0.2) is 21.9 Å². The molecule has 0 unspecified atom stereocenters. The fourth-order valence-electron chi connectivity index (χ4n) is 3.09. The molecule has 0 saturated heterocycles. The van der Waals surface area contributed by atoms with E-state index in [1.165, 1.54) is 5.57 Å². The van der Waals surface area contributed by atoms with Crippen LogP contribution in [0.5, 0.6) is 0 Å². The number of hydrogen-bond donors (Lipinski definition) is 0. The summed E-state index contributed by atoms with van der Waals surface area (Å²) in [5, 5.41) is 1.75. The summed E-state index contributed by atoms with van der Waals surface area (Å²) in [6.45, 7) is 19.0. The van der Waals surface area contributed by atoms with Gasteiger partial charge in [0.2, 0.25) is 0 Å². The Hall–Kier alpha value is -0.303. The molecule has 0 nitrogen and oxygen atoms in total. The standard InChI is InChI=1S/C13H24Si/c1-9-10(2)12(14(6,7)8)13(4,5)11(9)3/h1-8H3. The normalized spacial score (nSPS) is 22.3. The maximum absolute atomic E-state index is 2.46. The highest BCUT2D eigenvalue weighted by molar-refractivity contribution is 6.83. The van der Waals surface area contributed by atoms with Crippen LogP contribution < -0.4 is 0 Å². The highest BCUT2D eigenvalue weighted by Crippen LogP contribution is 2.49. The van der Waals surface area contributed by atoms with E-state index in [0.29, 0.717) is 5.41 Å². The Labute approximate surface area is 90.1 Å². The molecule has 1 aliphatic carbocycles. The summed E-state index contributed by atoms with van der Waals surface area (Å²) in [7, 11) is -1.17. The van der Waals surface area contributed by atoms with E-state index in [1.54, 1.807) is 16.3 Å². The van der Waals surface area contributed by atoms with Crippen molar-refractivity contribution in [2.24, 2.45) is 5.41 Å². The molecule has 1 heteroatoms. The topological polar surface area (TPSA) is 0 Å². The van der Waals surface area contributed by atoms with Gasteiger partial charge < -0.3 is 0 Å². The summed E-state index contributed by atoms with van der Waals surface area (Å²) in [5.41, 5.74) is 5.00. The first kappa shape index (κ1) is 11.8. The lowest BCUT2D eigenvalue weighted by molar-refractivity contribution is 0.569. The van der Waals surface area contributed by atoms with Crippen LogP contribution >= 0.6 is 0 Å². The highest BCUT2D eigenvalue weighted by atomic mass is 28.3. The molecule has 14 heavy (non-hydrogen) atoms. The second-order valence-electron chi connectivity index (χ2n) is 6.12. The molecule has 0 N–H and O–H groups in total. The molecule has 0 saturated carbocycles. The molecular formula is C13H24Si. The minimum atomic E-state index is -1.17. The fourth-order valence-corrected chi connectivity index (χ4v) is 6.47. The van der Waals surface area contributed by atoms with E-state index in [1.807, 2.05) is 0 Å². The van der Waals surface area contributed by atoms with Crippen LogP contribution in [-0.2, 0) is 0 Å². The molecule has 0 aromatic heterocycles. The van der Waals surface area contributed by atoms with Crippen LogP contribution in [0.25, 0.3) is 0 Å². The van der Waals surface area contributed by atoms with Gasteiger partial charge in [0.1, 0.15) is 0 Å². The molecule has 0 amide bonds. The summed E-state index contributed by atoms with van der Waals surface area (Å²) in [5.74, 6) is 0. The average Bonchev–Trinajstić information content (AvgIpc) is 2.10. The van der Waals surface area contributed by atoms with Crippen molar-refractivity contribution in [2.75, 3.05) is 0 Å². The van der Waals surface area contributed by atoms with Crippen LogP contribution in [-0.4, -0.2) is 8.07 Å². The second-order valence-corrected chi connectivity index (χ2v) is 11.1. The summed E-state index contributed by atoms with van der Waals surface area (Å²) in [6, 6.07) is 0. The average molecular weight is 208 g/mol. The minimum Gasteiger partial charge on any atom is -0.0685 e. The zero-order valence-electron chi connectivity index (χ0n) is 11.0. The minimum absolute atomic E-state index is 0.318. The smallest absolute Gasteiger partial charge is 0.0685 e. The maximum Gasteiger partial charge on any atom is 0.0739 e. The molecule has 1 rings (SSSR count). The van der Waals surface area contributed by atoms with E-state index in [4.69, 9.17) is 0 Å². The van der Waals surface area contributed by atoms with Crippen molar-refractivity contribution in [2.45, 2.75) is 54.3 Å². The SMILES string of the molecule is CC1=C(C)C(C)(C)C([Si](C)(C)C)=C1C. The first-order valence-corrected chi connectivity index (χ1v) is 9.00. The number of allylic oxidation sites excluding steroid dienone is 4. The lowest BCUT2D eigenvalue weighted by atomic mass is 9.87. The number of hydrogen-bond acceptors (Lipinski definition) is 0. The molecule has 0 aromatic carbocycles. The molecule has 0 heterocycles. The number of rotatable bonds is 1. The van der Waals surface area contributed by atoms with E-state index in [0.717, 1.165) is 0 Å². The van der Waals surface area contributed by atoms with Gasteiger partial charge in [-0.2, -0.15) is 0 Å². The molecule has 0 aromatic rings. The molecular weight excluding hydrogens is 184 g/mol. The van der Waals surface area contributed by atoms with Crippen LogP contribution in [0.4, 0.5) is 0 Å². The summed E-state index contributed by atoms with van der Waals surface area (Å²) >= 11 is 0. The van der Waals surface area contributed by atoms with Gasteiger partial charge in [0, 0.05) is 5.41 Å². The van der Waals surface area contributed by atoms with Crippen LogP contribution in [0.2, 0.25) is 19.6 Å². The lowest BCUT2D eigenvalue weighted by Crippen LogP contribution is -2.33. The Kier molecular flexibility index (Phi) is 2.60. The van der Waals surface area contributed by atoms with Crippen molar-refractivity contribution < 1.29 is 0 Å². The zero-order valence-corrected chi connectivity index (χ0v) is 12.0. The second kappa shape index (κ2) is 3.09. The summed E-state index contributed by atoms with van der Waals surface area (Å²) in [4.78, 5) is 0. The van der Waals surface area contributed by atoms with Gasteiger partial charge in [-0.15, -0.1) is 0 Å². The third kappa shape index (κ3) is 1.52. The Morgan fingerprint density at radius 3 is 1.43 bits per heavy atom. The van der Waals surface area contributed by atoms with Crippen molar-refractivity contribution in [3.8, 4) is 0 Å². The fraction of sp³-hybridized carbons (Fsp3) is 0.692. The molecule has 0 bridgehead atoms. The van der Waals surface area contributed by atoms with E-state index in [-0.39, 0.29) is 0 Å². The van der Waals surface area contributed by atoms with Gasteiger partial charge in [0.05, 0.1) is 8.07 Å². The van der Waals surface area contributed by atoms with Crippen LogP contribution in [0, 0.1) is 5.41 Å². The molecule has 0 aliphatic heterocycles. The first-order valence-electron chi connectivity index (χ1n) is 5.50. The maximum atomic E-state index is 2.46. The van der Waals surface area contributed by atoms with Crippen LogP contribution in [0.3, 0.4) is 0 Å². The summed E-state index contributed by atoms with van der Waals surface area (Å²) < 4.78 is 0. The van der Waals surface area contributed by atoms with Crippen molar-refractivity contribution in [1.82, 2.24) is 0 Å². The molecule has 1 aliphatic rings. The van der Waals surface area contributed by atoms with Crippen molar-refractivity contribution >= 4 is 8.07 Å². The van der Waals surface area contributed by atoms with Crippen molar-refractivity contribution in [3.05, 3.63) is 21.9 Å². The first-order chi connectivity index (χ1) is 6.10. The van der Waals surface area contributed by atoms with Crippen molar-refractivity contribution in [1.29, 1.82) is 0 Å². The van der Waals surface area contributed by atoms with Gasteiger partial charge in [-0.25, -0.2) is 0 Å². The molecule has 0 atom stereocenters. The van der Waals surface area contributed by atoms with Gasteiger partial charge in [0.15, 0.2) is 0 Å². The predicted molar refractivity (Wildman–Crippen MR) is 68.2 cm³/mol. The van der Waals surface area contributed by atoms with Crippen molar-refractivity contribution in [3.63, 3.8) is 0 Å². The zero-order chi connectivity index (χ0) is 11.3. The molecule has 0 spiro atoms. The molecule has 0 radical (unpaired) electrons. The predicted octanol–water partition coefficient (Wildman–Crippen LogP) is 4.56. The van der Waals surface area contributed by atoms with Gasteiger partial charge in [-0.05, 0) is 26.3 Å². The Bertz CT molecular complexity index is 322. The Balaban J connectivity index is 3.37. The van der Waals surface area contributed by atoms with E-state index in [2.05, 4.69) is 54.3 Å². The van der Waals surface area contributed by atoms with Gasteiger partial charge >= 0.3 is 0 Å². The quantitative estimate of drug-likeness (QED) is 0.554. The Morgan fingerprint density at radius 2 is 1.29 bits per heavy atom. The van der Waals surface area contributed by atoms with E-state index < -0.39 is 8.07 Å². The highest BCUT2D eigenvalue weighted by Gasteiger charge is 2.40. The molecule has 80 valence electrons. The third-order valence-corrected chi connectivity index (χ3v) is 6.31. The third-order valence-electron chi connectivity index (χ3n) is 3.81. The largest absolute Gasteiger partial charge is 0.0739 e. The lowest BCUT2D eigenvalue weighted by Gasteiger charge is -2.34. The van der Waals surface area contributed by atoms with E-state index in [9.17, 15) is 0 Å². The van der Waals surface area contributed by atoms with Crippen LogP contribution in [0.1, 0.15) is 34.6 Å². The van der Waals surface area contributed by atoms with Gasteiger partial charge in [-0.3, -0.25) is 0 Å². The monoisotopic (exact) mass is 208 g/mol. The molecule has 0 fully saturated rings. The van der Waals surface area contributed by atoms with E-state index >= 15 is 0 Å².